The van der Waals surface area contributed by atoms with Crippen molar-refractivity contribution in [3.8, 4) is 5.69 Å². The lowest BCUT2D eigenvalue weighted by Gasteiger charge is -2.19. The van der Waals surface area contributed by atoms with Gasteiger partial charge in [-0.1, -0.05) is 12.1 Å². The second kappa shape index (κ2) is 9.23. The van der Waals surface area contributed by atoms with Crippen LogP contribution in [0.4, 0.5) is 0 Å². The first kappa shape index (κ1) is 19.7. The zero-order chi connectivity index (χ0) is 19.8. The van der Waals surface area contributed by atoms with Gasteiger partial charge in [0.15, 0.2) is 5.96 Å². The zero-order valence-corrected chi connectivity index (χ0v) is 16.3. The lowest BCUT2D eigenvalue weighted by molar-refractivity contribution is 0.0437. The molecule has 7 heteroatoms. The van der Waals surface area contributed by atoms with Gasteiger partial charge in [0.1, 0.15) is 11.4 Å². The van der Waals surface area contributed by atoms with E-state index in [1.165, 1.54) is 5.56 Å². The van der Waals surface area contributed by atoms with E-state index in [1.54, 1.807) is 31.5 Å². The molecule has 2 heterocycles. The molecule has 0 saturated carbocycles. The maximum Gasteiger partial charge on any atom is 0.191 e. The Morgan fingerprint density at radius 3 is 2.68 bits per heavy atom. The number of aromatic nitrogens is 2. The van der Waals surface area contributed by atoms with Gasteiger partial charge in [-0.2, -0.15) is 5.10 Å². The Balaban J connectivity index is 1.53. The third-order valence-electron chi connectivity index (χ3n) is 4.35. The number of hydrogen-bond donors (Lipinski definition) is 3. The lowest BCUT2D eigenvalue weighted by atomic mass is 10.0. The van der Waals surface area contributed by atoms with Crippen LogP contribution in [0.15, 0.2) is 70.5 Å². The van der Waals surface area contributed by atoms with Crippen LogP contribution in [-0.2, 0) is 12.0 Å². The average Bonchev–Trinajstić information content (AvgIpc) is 3.41. The molecule has 0 bridgehead atoms. The maximum atomic E-state index is 10.5. The monoisotopic (exact) mass is 381 g/mol. The molecule has 1 aromatic carbocycles. The molecular formula is C21H27N5O2. The van der Waals surface area contributed by atoms with Crippen molar-refractivity contribution in [1.29, 1.82) is 0 Å². The number of rotatable bonds is 8. The highest BCUT2D eigenvalue weighted by molar-refractivity contribution is 5.79. The fourth-order valence-corrected chi connectivity index (χ4v) is 2.80. The van der Waals surface area contributed by atoms with Crippen molar-refractivity contribution in [3.63, 3.8) is 0 Å². The smallest absolute Gasteiger partial charge is 0.191 e. The summed E-state index contributed by atoms with van der Waals surface area (Å²) in [6.07, 6.45) is 6.10. The number of aliphatic imine (C=N–C) groups is 1. The minimum absolute atomic E-state index is 0.203. The standard InChI is InChI=1S/C21H27N5O2/c1-3-22-20(24-16-21(2,27)19-6-4-15-28-19)23-13-11-17-7-9-18(10-8-17)26-14-5-12-25-26/h4-10,12,14-15,27H,3,11,13,16H2,1-2H3,(H2,22,23,24). The second-order valence-corrected chi connectivity index (χ2v) is 6.74. The van der Waals surface area contributed by atoms with Crippen LogP contribution in [-0.4, -0.2) is 40.5 Å². The molecule has 2 aromatic heterocycles. The van der Waals surface area contributed by atoms with E-state index in [0.29, 0.717) is 11.7 Å². The SMILES string of the molecule is CCNC(=NCC(C)(O)c1ccco1)NCCc1ccc(-n2cccn2)cc1. The molecule has 0 fully saturated rings. The normalized spacial score (nSPS) is 13.9. The van der Waals surface area contributed by atoms with Crippen LogP contribution in [0.5, 0.6) is 0 Å². The van der Waals surface area contributed by atoms with Gasteiger partial charge in [-0.3, -0.25) is 0 Å². The van der Waals surface area contributed by atoms with Gasteiger partial charge < -0.3 is 20.2 Å². The number of guanidine groups is 1. The van der Waals surface area contributed by atoms with Crippen molar-refractivity contribution in [2.24, 2.45) is 4.99 Å². The Hall–Kier alpha value is -3.06. The molecular weight excluding hydrogens is 354 g/mol. The van der Waals surface area contributed by atoms with Gasteiger partial charge in [0.25, 0.3) is 0 Å². The minimum Gasteiger partial charge on any atom is -0.466 e. The summed E-state index contributed by atoms with van der Waals surface area (Å²) in [5, 5.41) is 21.3. The van der Waals surface area contributed by atoms with Crippen LogP contribution in [0.2, 0.25) is 0 Å². The van der Waals surface area contributed by atoms with Crippen LogP contribution < -0.4 is 10.6 Å². The van der Waals surface area contributed by atoms with Crippen LogP contribution in [0.1, 0.15) is 25.2 Å². The van der Waals surface area contributed by atoms with E-state index in [0.717, 1.165) is 25.2 Å². The van der Waals surface area contributed by atoms with E-state index in [2.05, 4.69) is 45.0 Å². The third-order valence-corrected chi connectivity index (χ3v) is 4.35. The quantitative estimate of drug-likeness (QED) is 0.412. The molecule has 1 unspecified atom stereocenters. The maximum absolute atomic E-state index is 10.5. The molecule has 3 aromatic rings. The van der Waals surface area contributed by atoms with E-state index in [-0.39, 0.29) is 6.54 Å². The average molecular weight is 381 g/mol. The van der Waals surface area contributed by atoms with Crippen LogP contribution >= 0.6 is 0 Å². The van der Waals surface area contributed by atoms with Crippen molar-refractivity contribution in [2.45, 2.75) is 25.9 Å². The second-order valence-electron chi connectivity index (χ2n) is 6.74. The van der Waals surface area contributed by atoms with Crippen molar-refractivity contribution >= 4 is 5.96 Å². The molecule has 0 aliphatic rings. The fraction of sp³-hybridized carbons (Fsp3) is 0.333. The molecule has 7 nitrogen and oxygen atoms in total. The highest BCUT2D eigenvalue weighted by Crippen LogP contribution is 2.21. The summed E-state index contributed by atoms with van der Waals surface area (Å²) in [6, 6.07) is 13.7. The molecule has 0 spiro atoms. The van der Waals surface area contributed by atoms with Gasteiger partial charge in [-0.25, -0.2) is 9.67 Å². The Kier molecular flexibility index (Phi) is 6.49. The molecule has 0 aliphatic carbocycles. The summed E-state index contributed by atoms with van der Waals surface area (Å²) in [5.74, 6) is 1.17. The van der Waals surface area contributed by atoms with Gasteiger partial charge in [0.05, 0.1) is 18.5 Å². The molecule has 0 saturated heterocycles. The predicted molar refractivity (Wildman–Crippen MR) is 110 cm³/mol. The number of aliphatic hydroxyl groups is 1. The fourth-order valence-electron chi connectivity index (χ4n) is 2.80. The number of nitrogens with zero attached hydrogens (tertiary/aromatic N) is 3. The van der Waals surface area contributed by atoms with Crippen molar-refractivity contribution in [3.05, 3.63) is 72.4 Å². The number of nitrogens with one attached hydrogen (secondary N) is 2. The van der Waals surface area contributed by atoms with E-state index in [4.69, 9.17) is 4.42 Å². The first-order valence-electron chi connectivity index (χ1n) is 9.46. The highest BCUT2D eigenvalue weighted by Gasteiger charge is 2.26. The van der Waals surface area contributed by atoms with Crippen molar-refractivity contribution in [1.82, 2.24) is 20.4 Å². The van der Waals surface area contributed by atoms with Gasteiger partial charge in [0, 0.05) is 25.5 Å². The zero-order valence-electron chi connectivity index (χ0n) is 16.3. The summed E-state index contributed by atoms with van der Waals surface area (Å²) in [5.41, 5.74) is 1.12. The summed E-state index contributed by atoms with van der Waals surface area (Å²) in [4.78, 5) is 4.49. The predicted octanol–water partition coefficient (Wildman–Crippen LogP) is 2.47. The van der Waals surface area contributed by atoms with E-state index in [9.17, 15) is 5.11 Å². The lowest BCUT2D eigenvalue weighted by Crippen LogP contribution is -2.39. The van der Waals surface area contributed by atoms with E-state index in [1.807, 2.05) is 23.9 Å². The van der Waals surface area contributed by atoms with Crippen LogP contribution in [0.25, 0.3) is 5.69 Å². The molecule has 3 N–H and O–H groups in total. The first-order chi connectivity index (χ1) is 13.6. The molecule has 1 atom stereocenters. The number of furan rings is 1. The molecule has 28 heavy (non-hydrogen) atoms. The van der Waals surface area contributed by atoms with Crippen molar-refractivity contribution in [2.75, 3.05) is 19.6 Å². The van der Waals surface area contributed by atoms with Gasteiger partial charge in [-0.15, -0.1) is 0 Å². The summed E-state index contributed by atoms with van der Waals surface area (Å²) >= 11 is 0. The largest absolute Gasteiger partial charge is 0.466 e. The molecule has 0 aliphatic heterocycles. The van der Waals surface area contributed by atoms with E-state index >= 15 is 0 Å². The van der Waals surface area contributed by atoms with Gasteiger partial charge in [-0.05, 0) is 56.2 Å². The minimum atomic E-state index is -1.14. The molecule has 3 rings (SSSR count). The van der Waals surface area contributed by atoms with Crippen LogP contribution in [0.3, 0.4) is 0 Å². The Morgan fingerprint density at radius 2 is 2.04 bits per heavy atom. The Labute approximate surface area is 165 Å². The highest BCUT2D eigenvalue weighted by atomic mass is 16.4. The van der Waals surface area contributed by atoms with Gasteiger partial charge in [0.2, 0.25) is 0 Å². The Morgan fingerprint density at radius 1 is 1.21 bits per heavy atom. The van der Waals surface area contributed by atoms with Crippen LogP contribution in [0, 0.1) is 0 Å². The molecule has 0 amide bonds. The molecule has 148 valence electrons. The number of benzene rings is 1. The Bertz CT molecular complexity index is 853. The van der Waals surface area contributed by atoms with E-state index < -0.39 is 5.60 Å². The topological polar surface area (TPSA) is 87.6 Å². The first-order valence-corrected chi connectivity index (χ1v) is 9.46. The number of hydrogen-bond acceptors (Lipinski definition) is 4. The third kappa shape index (κ3) is 5.23. The summed E-state index contributed by atoms with van der Waals surface area (Å²) in [7, 11) is 0. The summed E-state index contributed by atoms with van der Waals surface area (Å²) < 4.78 is 7.14. The molecule has 0 radical (unpaired) electrons. The summed E-state index contributed by atoms with van der Waals surface area (Å²) in [6.45, 7) is 5.38. The van der Waals surface area contributed by atoms with Gasteiger partial charge >= 0.3 is 0 Å². The van der Waals surface area contributed by atoms with Crippen molar-refractivity contribution < 1.29 is 9.52 Å².